The summed E-state index contributed by atoms with van der Waals surface area (Å²) in [5.41, 5.74) is 0.664. The molecule has 4 heterocycles. The molecule has 5 rings (SSSR count). The topological polar surface area (TPSA) is 54.3 Å². The van der Waals surface area contributed by atoms with E-state index < -0.39 is 0 Å². The zero-order valence-corrected chi connectivity index (χ0v) is 18.3. The zero-order valence-electron chi connectivity index (χ0n) is 16.6. The molecule has 1 fully saturated rings. The summed E-state index contributed by atoms with van der Waals surface area (Å²) in [5, 5.41) is 8.55. The average molecular weight is 454 g/mol. The lowest BCUT2D eigenvalue weighted by Crippen LogP contribution is -2.48. The third-order valence-electron chi connectivity index (χ3n) is 5.23. The van der Waals surface area contributed by atoms with Crippen molar-refractivity contribution in [1.29, 1.82) is 0 Å². The van der Waals surface area contributed by atoms with Gasteiger partial charge in [-0.2, -0.15) is 0 Å². The van der Waals surface area contributed by atoms with Gasteiger partial charge in [-0.25, -0.2) is 14.1 Å². The maximum Gasteiger partial charge on any atom is 0.293 e. The van der Waals surface area contributed by atoms with Gasteiger partial charge in [-0.1, -0.05) is 12.1 Å². The van der Waals surface area contributed by atoms with E-state index in [9.17, 15) is 9.18 Å². The molecule has 6 nitrogen and oxygen atoms in total. The van der Waals surface area contributed by atoms with Crippen molar-refractivity contribution in [3.63, 3.8) is 0 Å². The number of halogens is 1. The highest BCUT2D eigenvalue weighted by atomic mass is 32.1. The molecule has 0 atom stereocenters. The summed E-state index contributed by atoms with van der Waals surface area (Å²) in [5.74, 6) is 0.258. The molecular formula is C22H20FN5OS2. The number of carbonyl (C=O) groups excluding carboxylic acids is 1. The van der Waals surface area contributed by atoms with E-state index in [0.717, 1.165) is 24.5 Å². The molecule has 1 aliphatic heterocycles. The third kappa shape index (κ3) is 4.30. The van der Waals surface area contributed by atoms with E-state index in [1.54, 1.807) is 28.2 Å². The van der Waals surface area contributed by atoms with Crippen LogP contribution in [-0.4, -0.2) is 56.7 Å². The number of carbonyl (C=O) groups is 1. The molecule has 0 aliphatic carbocycles. The van der Waals surface area contributed by atoms with Gasteiger partial charge in [0.25, 0.3) is 5.91 Å². The maximum atomic E-state index is 13.4. The zero-order chi connectivity index (χ0) is 21.2. The molecule has 1 saturated heterocycles. The second kappa shape index (κ2) is 8.70. The van der Waals surface area contributed by atoms with Crippen molar-refractivity contribution in [2.24, 2.45) is 0 Å². The van der Waals surface area contributed by atoms with Crippen molar-refractivity contribution >= 4 is 28.6 Å². The minimum Gasteiger partial charge on any atom is -0.333 e. The molecule has 1 aromatic carbocycles. The number of aromatic nitrogens is 3. The Labute approximate surface area is 187 Å². The van der Waals surface area contributed by atoms with Crippen molar-refractivity contribution in [2.75, 3.05) is 26.2 Å². The molecule has 0 unspecified atom stereocenters. The van der Waals surface area contributed by atoms with Crippen LogP contribution < -0.4 is 0 Å². The number of thiophene rings is 2. The van der Waals surface area contributed by atoms with E-state index >= 15 is 0 Å². The van der Waals surface area contributed by atoms with Gasteiger partial charge < -0.3 is 4.90 Å². The lowest BCUT2D eigenvalue weighted by molar-refractivity contribution is 0.0618. The van der Waals surface area contributed by atoms with Crippen molar-refractivity contribution in [1.82, 2.24) is 24.6 Å². The van der Waals surface area contributed by atoms with Gasteiger partial charge in [0.05, 0.1) is 10.6 Å². The molecule has 31 heavy (non-hydrogen) atoms. The van der Waals surface area contributed by atoms with Crippen LogP contribution in [0.2, 0.25) is 0 Å². The predicted octanol–water partition coefficient (Wildman–Crippen LogP) is 4.15. The fraction of sp³-hybridized carbons (Fsp3) is 0.227. The van der Waals surface area contributed by atoms with Gasteiger partial charge in [-0.15, -0.1) is 27.8 Å². The molecule has 0 radical (unpaired) electrons. The molecule has 0 saturated carbocycles. The van der Waals surface area contributed by atoms with Crippen LogP contribution in [0.5, 0.6) is 0 Å². The maximum absolute atomic E-state index is 13.4. The SMILES string of the molecule is O=C(c1nc(-c2cccs2)n(-c2ccc(F)cc2)n1)N1CCN(Cc2cccs2)CC1. The molecular weight excluding hydrogens is 433 g/mol. The molecule has 158 valence electrons. The van der Waals surface area contributed by atoms with Crippen molar-refractivity contribution < 1.29 is 9.18 Å². The van der Waals surface area contributed by atoms with E-state index in [0.29, 0.717) is 24.6 Å². The van der Waals surface area contributed by atoms with Crippen LogP contribution in [0.15, 0.2) is 59.3 Å². The first-order chi connectivity index (χ1) is 15.2. The van der Waals surface area contributed by atoms with Crippen molar-refractivity contribution in [2.45, 2.75) is 6.54 Å². The highest BCUT2D eigenvalue weighted by molar-refractivity contribution is 7.13. The summed E-state index contributed by atoms with van der Waals surface area (Å²) in [6.45, 7) is 3.84. The summed E-state index contributed by atoms with van der Waals surface area (Å²) < 4.78 is 15.0. The van der Waals surface area contributed by atoms with Crippen LogP contribution in [-0.2, 0) is 6.54 Å². The highest BCUT2D eigenvalue weighted by Gasteiger charge is 2.27. The second-order valence-corrected chi connectivity index (χ2v) is 9.25. The summed E-state index contributed by atoms with van der Waals surface area (Å²) in [4.78, 5) is 24.1. The second-order valence-electron chi connectivity index (χ2n) is 7.27. The van der Waals surface area contributed by atoms with Gasteiger partial charge >= 0.3 is 0 Å². The molecule has 9 heteroatoms. The number of benzene rings is 1. The van der Waals surface area contributed by atoms with Gasteiger partial charge in [0.1, 0.15) is 5.82 Å². The Morgan fingerprint density at radius 1 is 0.968 bits per heavy atom. The Morgan fingerprint density at radius 3 is 2.39 bits per heavy atom. The Hall–Kier alpha value is -2.88. The lowest BCUT2D eigenvalue weighted by atomic mass is 10.3. The van der Waals surface area contributed by atoms with Crippen LogP contribution >= 0.6 is 22.7 Å². The smallest absolute Gasteiger partial charge is 0.293 e. The molecule has 1 amide bonds. The molecule has 0 spiro atoms. The van der Waals surface area contributed by atoms with E-state index in [1.807, 2.05) is 22.4 Å². The largest absolute Gasteiger partial charge is 0.333 e. The predicted molar refractivity (Wildman–Crippen MR) is 120 cm³/mol. The van der Waals surface area contributed by atoms with Crippen LogP contribution in [0.1, 0.15) is 15.5 Å². The quantitative estimate of drug-likeness (QED) is 0.456. The van der Waals surface area contributed by atoms with Gasteiger partial charge in [-0.05, 0) is 47.2 Å². The first-order valence-electron chi connectivity index (χ1n) is 9.98. The summed E-state index contributed by atoms with van der Waals surface area (Å²) in [6.07, 6.45) is 0. The number of rotatable bonds is 5. The van der Waals surface area contributed by atoms with Crippen molar-refractivity contribution in [3.8, 4) is 16.4 Å². The Bertz CT molecular complexity index is 1150. The van der Waals surface area contributed by atoms with Crippen LogP contribution in [0, 0.1) is 5.82 Å². The first-order valence-corrected chi connectivity index (χ1v) is 11.7. The number of amides is 1. The molecule has 0 bridgehead atoms. The molecule has 1 aliphatic rings. The average Bonchev–Trinajstić information content (AvgIpc) is 3.56. The number of nitrogens with zero attached hydrogens (tertiary/aromatic N) is 5. The lowest BCUT2D eigenvalue weighted by Gasteiger charge is -2.33. The van der Waals surface area contributed by atoms with E-state index in [2.05, 4.69) is 32.5 Å². The number of hydrogen-bond donors (Lipinski definition) is 0. The monoisotopic (exact) mass is 453 g/mol. The normalized spacial score (nSPS) is 14.8. The van der Waals surface area contributed by atoms with E-state index in [4.69, 9.17) is 0 Å². The van der Waals surface area contributed by atoms with Gasteiger partial charge in [0.2, 0.25) is 5.82 Å². The van der Waals surface area contributed by atoms with Crippen LogP contribution in [0.4, 0.5) is 4.39 Å². The summed E-state index contributed by atoms with van der Waals surface area (Å²) in [7, 11) is 0. The van der Waals surface area contributed by atoms with Gasteiger partial charge in [0.15, 0.2) is 5.82 Å². The van der Waals surface area contributed by atoms with Gasteiger partial charge in [-0.3, -0.25) is 9.69 Å². The fourth-order valence-electron chi connectivity index (χ4n) is 3.60. The van der Waals surface area contributed by atoms with E-state index in [1.165, 1.54) is 28.3 Å². The minimum atomic E-state index is -0.321. The number of piperazine rings is 1. The van der Waals surface area contributed by atoms with Crippen LogP contribution in [0.25, 0.3) is 16.4 Å². The van der Waals surface area contributed by atoms with Crippen LogP contribution in [0.3, 0.4) is 0 Å². The van der Waals surface area contributed by atoms with Crippen molar-refractivity contribution in [3.05, 3.63) is 75.8 Å². The summed E-state index contributed by atoms with van der Waals surface area (Å²) in [6, 6.07) is 14.1. The summed E-state index contributed by atoms with van der Waals surface area (Å²) >= 11 is 3.28. The highest BCUT2D eigenvalue weighted by Crippen LogP contribution is 2.26. The number of hydrogen-bond acceptors (Lipinski definition) is 6. The minimum absolute atomic E-state index is 0.166. The Balaban J connectivity index is 1.36. The molecule has 3 aromatic heterocycles. The Morgan fingerprint density at radius 2 is 1.71 bits per heavy atom. The third-order valence-corrected chi connectivity index (χ3v) is 6.96. The fourth-order valence-corrected chi connectivity index (χ4v) is 5.05. The first kappa shape index (κ1) is 20.0. The van der Waals surface area contributed by atoms with Gasteiger partial charge in [0, 0.05) is 37.6 Å². The van der Waals surface area contributed by atoms with E-state index in [-0.39, 0.29) is 17.5 Å². The molecule has 0 N–H and O–H groups in total. The molecule has 4 aromatic rings. The Kier molecular flexibility index (Phi) is 5.63. The standard InChI is InChI=1S/C22H20FN5OS2/c23-16-5-7-17(8-6-16)28-21(19-4-2-14-31-19)24-20(25-28)22(29)27-11-9-26(10-12-27)15-18-3-1-13-30-18/h1-8,13-14H,9-12,15H2.